The molecular formula is C11H5F3N2O4. The first-order valence-electron chi connectivity index (χ1n) is 5.08. The number of rotatable bonds is 3. The minimum Gasteiger partial charge on any atom is -0.475 e. The van der Waals surface area contributed by atoms with Crippen molar-refractivity contribution < 1.29 is 32.4 Å². The number of aliphatic carboxylic acids is 1. The maximum Gasteiger partial charge on any atom is 0.471 e. The summed E-state index contributed by atoms with van der Waals surface area (Å²) in [7, 11) is 0. The Morgan fingerprint density at radius 1 is 1.15 bits per heavy atom. The Hall–Kier alpha value is -2.71. The van der Waals surface area contributed by atoms with Gasteiger partial charge in [-0.25, -0.2) is 4.79 Å². The molecule has 0 radical (unpaired) electrons. The molecule has 0 aliphatic carbocycles. The third-order valence-electron chi connectivity index (χ3n) is 2.27. The molecule has 1 aromatic carbocycles. The van der Waals surface area contributed by atoms with E-state index in [1.165, 1.54) is 12.1 Å². The maximum atomic E-state index is 12.3. The number of benzene rings is 1. The van der Waals surface area contributed by atoms with Gasteiger partial charge in [0.2, 0.25) is 5.82 Å². The van der Waals surface area contributed by atoms with Crippen LogP contribution in [0.5, 0.6) is 0 Å². The Kier molecular flexibility index (Phi) is 3.26. The molecule has 1 aromatic heterocycles. The topological polar surface area (TPSA) is 93.3 Å². The number of aromatic nitrogens is 2. The van der Waals surface area contributed by atoms with Gasteiger partial charge in [-0.2, -0.15) is 18.2 Å². The van der Waals surface area contributed by atoms with Crippen LogP contribution in [0.15, 0.2) is 28.8 Å². The summed E-state index contributed by atoms with van der Waals surface area (Å²) in [5, 5.41) is 11.7. The third kappa shape index (κ3) is 2.66. The molecule has 9 heteroatoms. The molecule has 0 aliphatic rings. The predicted molar refractivity (Wildman–Crippen MR) is 56.7 cm³/mol. The van der Waals surface area contributed by atoms with Crippen molar-refractivity contribution in [2.75, 3.05) is 0 Å². The van der Waals surface area contributed by atoms with E-state index in [-0.39, 0.29) is 17.0 Å². The lowest BCUT2D eigenvalue weighted by Gasteiger charge is -1.98. The molecule has 1 N–H and O–H groups in total. The second kappa shape index (κ2) is 4.76. The van der Waals surface area contributed by atoms with Crippen LogP contribution in [0.25, 0.3) is 11.4 Å². The number of hydrogen-bond donors (Lipinski definition) is 1. The monoisotopic (exact) mass is 286 g/mol. The average molecular weight is 286 g/mol. The van der Waals surface area contributed by atoms with Gasteiger partial charge in [0.05, 0.1) is 0 Å². The Bertz CT molecular complexity index is 661. The fraction of sp³-hybridized carbons (Fsp3) is 0.0909. The summed E-state index contributed by atoms with van der Waals surface area (Å²) in [4.78, 5) is 24.7. The second-order valence-corrected chi connectivity index (χ2v) is 3.63. The normalized spacial score (nSPS) is 11.3. The highest BCUT2D eigenvalue weighted by Crippen LogP contribution is 2.29. The predicted octanol–water partition coefficient (Wildman–Crippen LogP) is 2.02. The fourth-order valence-corrected chi connectivity index (χ4v) is 1.35. The molecule has 104 valence electrons. The molecular weight excluding hydrogens is 281 g/mol. The Morgan fingerprint density at radius 3 is 2.20 bits per heavy atom. The largest absolute Gasteiger partial charge is 0.475 e. The minimum absolute atomic E-state index is 0.110. The molecule has 20 heavy (non-hydrogen) atoms. The van der Waals surface area contributed by atoms with E-state index in [9.17, 15) is 22.8 Å². The number of hydrogen-bond acceptors (Lipinski definition) is 5. The van der Waals surface area contributed by atoms with Crippen LogP contribution < -0.4 is 0 Å². The molecule has 0 amide bonds. The molecule has 2 rings (SSSR count). The van der Waals surface area contributed by atoms with E-state index in [1.807, 2.05) is 0 Å². The number of carbonyl (C=O) groups excluding carboxylic acids is 1. The zero-order valence-corrected chi connectivity index (χ0v) is 9.51. The van der Waals surface area contributed by atoms with Gasteiger partial charge in [-0.3, -0.25) is 4.79 Å². The molecule has 6 nitrogen and oxygen atoms in total. The van der Waals surface area contributed by atoms with Crippen molar-refractivity contribution in [2.24, 2.45) is 0 Å². The van der Waals surface area contributed by atoms with Crippen LogP contribution >= 0.6 is 0 Å². The van der Waals surface area contributed by atoms with Crippen LogP contribution in [0.4, 0.5) is 13.2 Å². The number of alkyl halides is 3. The Labute approximate surface area is 108 Å². The first-order valence-corrected chi connectivity index (χ1v) is 5.08. The number of carboxylic acids is 1. The SMILES string of the molecule is O=C(O)C(=O)c1ccc(-c2noc(C(F)(F)F)n2)cc1. The van der Waals surface area contributed by atoms with Gasteiger partial charge in [0.15, 0.2) is 0 Å². The number of nitrogens with zero attached hydrogens (tertiary/aromatic N) is 2. The second-order valence-electron chi connectivity index (χ2n) is 3.63. The quantitative estimate of drug-likeness (QED) is 0.685. The summed E-state index contributed by atoms with van der Waals surface area (Å²) in [6.07, 6.45) is -4.75. The molecule has 0 aliphatic heterocycles. The van der Waals surface area contributed by atoms with Crippen LogP contribution in [-0.2, 0) is 11.0 Å². The van der Waals surface area contributed by atoms with Crippen molar-refractivity contribution in [2.45, 2.75) is 6.18 Å². The highest BCUT2D eigenvalue weighted by Gasteiger charge is 2.38. The van der Waals surface area contributed by atoms with Gasteiger partial charge in [-0.1, -0.05) is 29.4 Å². The summed E-state index contributed by atoms with van der Waals surface area (Å²) in [5.41, 5.74) is 0.0481. The van der Waals surface area contributed by atoms with E-state index in [4.69, 9.17) is 5.11 Å². The van der Waals surface area contributed by atoms with Crippen molar-refractivity contribution in [3.05, 3.63) is 35.7 Å². The minimum atomic E-state index is -4.75. The van der Waals surface area contributed by atoms with Crippen molar-refractivity contribution >= 4 is 11.8 Å². The van der Waals surface area contributed by atoms with Crippen molar-refractivity contribution in [3.8, 4) is 11.4 Å². The zero-order chi connectivity index (χ0) is 14.9. The molecule has 1 heterocycles. The summed E-state index contributed by atoms with van der Waals surface area (Å²) in [5.74, 6) is -4.55. The fourth-order valence-electron chi connectivity index (χ4n) is 1.35. The molecule has 0 bridgehead atoms. The van der Waals surface area contributed by atoms with Gasteiger partial charge in [0.1, 0.15) is 0 Å². The summed E-state index contributed by atoms with van der Waals surface area (Å²) in [6.45, 7) is 0. The highest BCUT2D eigenvalue weighted by atomic mass is 19.4. The van der Waals surface area contributed by atoms with Gasteiger partial charge >= 0.3 is 18.0 Å². The summed E-state index contributed by atoms with van der Waals surface area (Å²) in [6, 6.07) is 4.74. The first-order chi connectivity index (χ1) is 9.29. The highest BCUT2D eigenvalue weighted by molar-refractivity contribution is 6.39. The number of carbonyl (C=O) groups is 2. The Balaban J connectivity index is 2.29. The van der Waals surface area contributed by atoms with Gasteiger partial charge in [0.25, 0.3) is 5.78 Å². The number of halogens is 3. The van der Waals surface area contributed by atoms with Crippen LogP contribution in [0.2, 0.25) is 0 Å². The molecule has 2 aromatic rings. The van der Waals surface area contributed by atoms with Gasteiger partial charge in [-0.05, 0) is 0 Å². The van der Waals surface area contributed by atoms with Gasteiger partial charge < -0.3 is 9.63 Å². The molecule has 0 fully saturated rings. The molecule has 0 saturated heterocycles. The lowest BCUT2D eigenvalue weighted by molar-refractivity contribution is -0.159. The van der Waals surface area contributed by atoms with Crippen LogP contribution in [-0.4, -0.2) is 27.0 Å². The number of Topliss-reactive ketones (excluding diaryl/α,β-unsaturated/α-hetero) is 1. The third-order valence-corrected chi connectivity index (χ3v) is 2.27. The van der Waals surface area contributed by atoms with E-state index in [0.29, 0.717) is 0 Å². The molecule has 0 spiro atoms. The van der Waals surface area contributed by atoms with E-state index >= 15 is 0 Å². The van der Waals surface area contributed by atoms with E-state index in [2.05, 4.69) is 14.7 Å². The lowest BCUT2D eigenvalue weighted by atomic mass is 10.1. The smallest absolute Gasteiger partial charge is 0.471 e. The molecule has 0 unspecified atom stereocenters. The van der Waals surface area contributed by atoms with Crippen molar-refractivity contribution in [1.82, 2.24) is 10.1 Å². The number of ketones is 1. The Morgan fingerprint density at radius 2 is 1.75 bits per heavy atom. The van der Waals surface area contributed by atoms with E-state index in [1.54, 1.807) is 0 Å². The summed E-state index contributed by atoms with van der Waals surface area (Å²) < 4.78 is 40.9. The standard InChI is InChI=1S/C11H5F3N2O4/c12-11(13,14)10-15-8(16-20-10)6-3-1-5(2-4-6)7(17)9(18)19/h1-4H,(H,18,19). The summed E-state index contributed by atoms with van der Waals surface area (Å²) >= 11 is 0. The van der Waals surface area contributed by atoms with Crippen LogP contribution in [0.1, 0.15) is 16.2 Å². The van der Waals surface area contributed by atoms with Gasteiger partial charge in [0, 0.05) is 11.1 Å². The van der Waals surface area contributed by atoms with Crippen LogP contribution in [0.3, 0.4) is 0 Å². The average Bonchev–Trinajstić information content (AvgIpc) is 2.87. The first kappa shape index (κ1) is 13.7. The van der Waals surface area contributed by atoms with E-state index < -0.39 is 23.8 Å². The molecule has 0 saturated carbocycles. The number of carboxylic acid groups (broad SMARTS) is 1. The maximum absolute atomic E-state index is 12.3. The lowest BCUT2D eigenvalue weighted by Crippen LogP contribution is -2.12. The molecule has 0 atom stereocenters. The van der Waals surface area contributed by atoms with Crippen LogP contribution in [0, 0.1) is 0 Å². The van der Waals surface area contributed by atoms with Crippen molar-refractivity contribution in [1.29, 1.82) is 0 Å². The van der Waals surface area contributed by atoms with E-state index in [0.717, 1.165) is 12.1 Å². The zero-order valence-electron chi connectivity index (χ0n) is 9.51. The van der Waals surface area contributed by atoms with Crippen molar-refractivity contribution in [3.63, 3.8) is 0 Å². The van der Waals surface area contributed by atoms with Gasteiger partial charge in [-0.15, -0.1) is 0 Å².